The summed E-state index contributed by atoms with van der Waals surface area (Å²) in [6, 6.07) is 1.86. The fourth-order valence-corrected chi connectivity index (χ4v) is 3.49. The zero-order chi connectivity index (χ0) is 15.0. The Hall–Kier alpha value is -0.840. The maximum absolute atomic E-state index is 6.31. The maximum Gasteiger partial charge on any atom is 0.160 e. The van der Waals surface area contributed by atoms with Crippen molar-refractivity contribution in [2.75, 3.05) is 20.1 Å². The van der Waals surface area contributed by atoms with E-state index in [4.69, 9.17) is 23.2 Å². The molecule has 0 aliphatic carbocycles. The highest BCUT2D eigenvalue weighted by Gasteiger charge is 2.22. The Morgan fingerprint density at radius 2 is 2.29 bits per heavy atom. The second-order valence-electron chi connectivity index (χ2n) is 5.96. The number of halogens is 2. The Kier molecular flexibility index (Phi) is 4.38. The predicted molar refractivity (Wildman–Crippen MR) is 87.0 cm³/mol. The summed E-state index contributed by atoms with van der Waals surface area (Å²) in [7, 11) is 2.18. The summed E-state index contributed by atoms with van der Waals surface area (Å²) < 4.78 is 2.17. The van der Waals surface area contributed by atoms with Crippen molar-refractivity contribution in [1.29, 1.82) is 0 Å². The largest absolute Gasteiger partial charge is 0.311 e. The molecular weight excluding hydrogens is 307 g/mol. The van der Waals surface area contributed by atoms with Gasteiger partial charge in [0.2, 0.25) is 0 Å². The van der Waals surface area contributed by atoms with E-state index < -0.39 is 0 Å². The molecule has 2 aromatic rings. The minimum Gasteiger partial charge on any atom is -0.311 e. The summed E-state index contributed by atoms with van der Waals surface area (Å²) in [6.07, 6.45) is 4.17. The molecule has 0 amide bonds. The third-order valence-corrected chi connectivity index (χ3v) is 4.50. The maximum atomic E-state index is 6.31. The molecule has 0 saturated carbocycles. The molecule has 114 valence electrons. The molecular formula is C15H20Cl2N4. The molecule has 21 heavy (non-hydrogen) atoms. The van der Waals surface area contributed by atoms with Gasteiger partial charge in [0, 0.05) is 19.3 Å². The van der Waals surface area contributed by atoms with E-state index in [0.29, 0.717) is 10.9 Å². The van der Waals surface area contributed by atoms with E-state index in [1.807, 2.05) is 13.0 Å². The number of aromatic nitrogens is 3. The number of likely N-dealkylation sites (tertiary alicyclic amines) is 1. The minimum atomic E-state index is -0.140. The first-order valence-electron chi connectivity index (χ1n) is 7.39. The van der Waals surface area contributed by atoms with Gasteiger partial charge in [0.1, 0.15) is 11.3 Å². The normalized spacial score (nSPS) is 21.8. The Bertz CT molecular complexity index is 638. The van der Waals surface area contributed by atoms with Crippen LogP contribution in [0.4, 0.5) is 0 Å². The smallest absolute Gasteiger partial charge is 0.160 e. The molecule has 3 rings (SSSR count). The lowest BCUT2D eigenvalue weighted by atomic mass is 9.98. The molecule has 0 spiro atoms. The summed E-state index contributed by atoms with van der Waals surface area (Å²) in [6.45, 7) is 5.17. The van der Waals surface area contributed by atoms with Gasteiger partial charge in [0.25, 0.3) is 0 Å². The first kappa shape index (κ1) is 15.1. The zero-order valence-corrected chi connectivity index (χ0v) is 13.9. The number of nitrogens with zero attached hydrogens (tertiary/aromatic N) is 4. The van der Waals surface area contributed by atoms with Crippen molar-refractivity contribution in [3.8, 4) is 0 Å². The molecule has 1 aliphatic heterocycles. The lowest BCUT2D eigenvalue weighted by Gasteiger charge is -2.30. The van der Waals surface area contributed by atoms with Crippen LogP contribution in [0.15, 0.2) is 12.3 Å². The third-order valence-electron chi connectivity index (χ3n) is 4.10. The number of imidazole rings is 1. The molecule has 6 heteroatoms. The van der Waals surface area contributed by atoms with Crippen molar-refractivity contribution in [2.24, 2.45) is 5.92 Å². The van der Waals surface area contributed by atoms with Crippen LogP contribution in [0.5, 0.6) is 0 Å². The van der Waals surface area contributed by atoms with Gasteiger partial charge in [0.05, 0.1) is 10.4 Å². The van der Waals surface area contributed by atoms with Crippen LogP contribution in [0.2, 0.25) is 5.02 Å². The van der Waals surface area contributed by atoms with E-state index in [2.05, 4.69) is 26.5 Å². The van der Waals surface area contributed by atoms with Crippen molar-refractivity contribution < 1.29 is 0 Å². The topological polar surface area (TPSA) is 34.0 Å². The van der Waals surface area contributed by atoms with Crippen LogP contribution in [0.25, 0.3) is 11.2 Å². The Morgan fingerprint density at radius 1 is 1.48 bits per heavy atom. The highest BCUT2D eigenvalue weighted by atomic mass is 35.5. The van der Waals surface area contributed by atoms with E-state index in [0.717, 1.165) is 30.1 Å². The first-order chi connectivity index (χ1) is 10.0. The van der Waals surface area contributed by atoms with Crippen LogP contribution in [0, 0.1) is 5.92 Å². The molecule has 0 radical (unpaired) electrons. The number of fused-ring (bicyclic) bond motifs is 1. The van der Waals surface area contributed by atoms with Gasteiger partial charge >= 0.3 is 0 Å². The van der Waals surface area contributed by atoms with Crippen molar-refractivity contribution in [2.45, 2.75) is 31.7 Å². The van der Waals surface area contributed by atoms with Crippen molar-refractivity contribution in [3.05, 3.63) is 23.1 Å². The van der Waals surface area contributed by atoms with Gasteiger partial charge in [-0.2, -0.15) is 0 Å². The van der Waals surface area contributed by atoms with Crippen LogP contribution in [-0.4, -0.2) is 39.6 Å². The van der Waals surface area contributed by atoms with Gasteiger partial charge in [-0.3, -0.25) is 0 Å². The van der Waals surface area contributed by atoms with Crippen LogP contribution in [-0.2, 0) is 6.54 Å². The number of hydrogen-bond acceptors (Lipinski definition) is 3. The number of hydrogen-bond donors (Lipinski definition) is 0. The quantitative estimate of drug-likeness (QED) is 0.806. The Labute approximate surface area is 135 Å². The molecule has 0 N–H and O–H groups in total. The summed E-state index contributed by atoms with van der Waals surface area (Å²) in [5, 5.41) is 0.470. The van der Waals surface area contributed by atoms with Crippen LogP contribution in [0.1, 0.15) is 31.0 Å². The first-order valence-corrected chi connectivity index (χ1v) is 8.20. The highest BCUT2D eigenvalue weighted by molar-refractivity contribution is 6.31. The molecule has 2 aromatic heterocycles. The van der Waals surface area contributed by atoms with Crippen LogP contribution >= 0.6 is 23.2 Å². The Balaban J connectivity index is 1.97. The number of alkyl halides is 1. The van der Waals surface area contributed by atoms with Crippen molar-refractivity contribution in [3.63, 3.8) is 0 Å². The summed E-state index contributed by atoms with van der Waals surface area (Å²) in [4.78, 5) is 11.5. The van der Waals surface area contributed by atoms with Gasteiger partial charge in [-0.1, -0.05) is 11.6 Å². The lowest BCUT2D eigenvalue weighted by molar-refractivity contribution is 0.194. The molecule has 1 saturated heterocycles. The SMILES string of the molecule is CC(Cl)c1nc2cc(Cl)cnc2n1CC1CCCN(C)C1. The summed E-state index contributed by atoms with van der Waals surface area (Å²) in [5.41, 5.74) is 1.71. The second kappa shape index (κ2) is 6.11. The number of rotatable bonds is 3. The minimum absolute atomic E-state index is 0.140. The molecule has 0 bridgehead atoms. The van der Waals surface area contributed by atoms with E-state index in [-0.39, 0.29) is 5.38 Å². The van der Waals surface area contributed by atoms with E-state index in [9.17, 15) is 0 Å². The molecule has 4 nitrogen and oxygen atoms in total. The zero-order valence-electron chi connectivity index (χ0n) is 12.4. The summed E-state index contributed by atoms with van der Waals surface area (Å²) >= 11 is 12.3. The van der Waals surface area contributed by atoms with Gasteiger partial charge in [-0.05, 0) is 45.3 Å². The van der Waals surface area contributed by atoms with Crippen LogP contribution in [0.3, 0.4) is 0 Å². The third kappa shape index (κ3) is 3.17. The Morgan fingerprint density at radius 3 is 3.00 bits per heavy atom. The second-order valence-corrected chi connectivity index (χ2v) is 7.05. The molecule has 2 unspecified atom stereocenters. The molecule has 0 aromatic carbocycles. The predicted octanol–water partition coefficient (Wildman–Crippen LogP) is 3.73. The average molecular weight is 327 g/mol. The number of pyridine rings is 1. The average Bonchev–Trinajstić information content (AvgIpc) is 2.77. The lowest BCUT2D eigenvalue weighted by Crippen LogP contribution is -2.34. The van der Waals surface area contributed by atoms with Crippen LogP contribution < -0.4 is 0 Å². The van der Waals surface area contributed by atoms with Gasteiger partial charge in [0.15, 0.2) is 5.65 Å². The fraction of sp³-hybridized carbons (Fsp3) is 0.600. The molecule has 1 fully saturated rings. The van der Waals surface area contributed by atoms with E-state index in [1.54, 1.807) is 6.20 Å². The standard InChI is InChI=1S/C15H20Cl2N4/c1-10(16)14-19-13-6-12(17)7-18-15(13)21(14)9-11-4-3-5-20(2)8-11/h6-7,10-11H,3-5,8-9H2,1-2H3. The molecule has 3 heterocycles. The number of piperidine rings is 1. The monoisotopic (exact) mass is 326 g/mol. The van der Waals surface area contributed by atoms with E-state index >= 15 is 0 Å². The fourth-order valence-electron chi connectivity index (χ4n) is 3.17. The van der Waals surface area contributed by atoms with E-state index in [1.165, 1.54) is 19.4 Å². The van der Waals surface area contributed by atoms with Gasteiger partial charge < -0.3 is 9.47 Å². The molecule has 2 atom stereocenters. The molecule has 1 aliphatic rings. The summed E-state index contributed by atoms with van der Waals surface area (Å²) in [5.74, 6) is 1.50. The van der Waals surface area contributed by atoms with Crippen molar-refractivity contribution in [1.82, 2.24) is 19.4 Å². The van der Waals surface area contributed by atoms with Gasteiger partial charge in [-0.15, -0.1) is 11.6 Å². The van der Waals surface area contributed by atoms with Gasteiger partial charge in [-0.25, -0.2) is 9.97 Å². The van der Waals surface area contributed by atoms with Crippen molar-refractivity contribution >= 4 is 34.4 Å². The highest BCUT2D eigenvalue weighted by Crippen LogP contribution is 2.27.